The SMILES string of the molecule is O=C1C[C@]2(O)CCC(O1)[C@]2(O)C=C(Br)[C@@H](O)C(F)=Cc1ccccc1. The van der Waals surface area contributed by atoms with Crippen molar-refractivity contribution in [1.82, 2.24) is 0 Å². The van der Waals surface area contributed by atoms with Gasteiger partial charge in [0.05, 0.1) is 6.42 Å². The monoisotopic (exact) mass is 412 g/mol. The highest BCUT2D eigenvalue weighted by molar-refractivity contribution is 9.11. The Kier molecular flexibility index (Phi) is 4.85. The van der Waals surface area contributed by atoms with Crippen molar-refractivity contribution < 1.29 is 29.2 Å². The predicted molar refractivity (Wildman–Crippen MR) is 92.2 cm³/mol. The molecule has 1 aromatic carbocycles. The molecule has 4 atom stereocenters. The Morgan fingerprint density at radius 1 is 1.36 bits per heavy atom. The molecule has 5 nitrogen and oxygen atoms in total. The number of aliphatic hydroxyl groups is 3. The zero-order valence-electron chi connectivity index (χ0n) is 13.2. The lowest BCUT2D eigenvalue weighted by Gasteiger charge is -2.42. The van der Waals surface area contributed by atoms with Crippen LogP contribution in [0.25, 0.3) is 6.08 Å². The lowest BCUT2D eigenvalue weighted by atomic mass is 9.80. The summed E-state index contributed by atoms with van der Waals surface area (Å²) < 4.78 is 19.3. The van der Waals surface area contributed by atoms with Gasteiger partial charge in [0.15, 0.2) is 0 Å². The molecule has 3 rings (SSSR count). The van der Waals surface area contributed by atoms with Crippen molar-refractivity contribution >= 4 is 28.0 Å². The Labute approximate surface area is 152 Å². The van der Waals surface area contributed by atoms with E-state index in [0.29, 0.717) is 5.56 Å². The molecule has 2 aliphatic rings. The van der Waals surface area contributed by atoms with E-state index in [2.05, 4.69) is 15.9 Å². The summed E-state index contributed by atoms with van der Waals surface area (Å²) in [4.78, 5) is 11.5. The highest BCUT2D eigenvalue weighted by Gasteiger charge is 2.63. The van der Waals surface area contributed by atoms with Crippen molar-refractivity contribution in [3.05, 3.63) is 52.3 Å². The standard InChI is InChI=1S/C18H18BrFO5/c19-12(16(22)13(20)8-11-4-2-1-3-5-11)9-18(24)14-6-7-17(18,23)10-15(21)25-14/h1-5,8-9,14,16,22-24H,6-7,10H2/t14?,16-,17-,18-/m1/s1. The molecule has 0 radical (unpaired) electrons. The molecular weight excluding hydrogens is 395 g/mol. The van der Waals surface area contributed by atoms with Crippen LogP contribution in [-0.2, 0) is 9.53 Å². The van der Waals surface area contributed by atoms with E-state index in [4.69, 9.17) is 4.74 Å². The number of rotatable bonds is 4. The number of esters is 1. The fourth-order valence-corrected chi connectivity index (χ4v) is 3.91. The van der Waals surface area contributed by atoms with Crippen LogP contribution < -0.4 is 0 Å². The first-order valence-electron chi connectivity index (χ1n) is 7.88. The summed E-state index contributed by atoms with van der Waals surface area (Å²) in [5, 5.41) is 31.6. The van der Waals surface area contributed by atoms with Crippen molar-refractivity contribution in [2.24, 2.45) is 0 Å². The Morgan fingerprint density at radius 3 is 2.68 bits per heavy atom. The summed E-state index contributed by atoms with van der Waals surface area (Å²) in [6.45, 7) is 0. The zero-order chi connectivity index (χ0) is 18.2. The third kappa shape index (κ3) is 3.29. The number of benzene rings is 1. The average molecular weight is 413 g/mol. The van der Waals surface area contributed by atoms with E-state index in [1.807, 2.05) is 0 Å². The number of ether oxygens (including phenoxy) is 1. The van der Waals surface area contributed by atoms with E-state index in [1.54, 1.807) is 30.3 Å². The minimum absolute atomic E-state index is 0.0528. The van der Waals surface area contributed by atoms with Gasteiger partial charge in [-0.3, -0.25) is 4.79 Å². The summed E-state index contributed by atoms with van der Waals surface area (Å²) >= 11 is 3.07. The summed E-state index contributed by atoms with van der Waals surface area (Å²) in [5.74, 6) is -1.42. The molecule has 1 unspecified atom stereocenters. The number of fused-ring (bicyclic) bond motifs is 2. The number of halogens is 2. The van der Waals surface area contributed by atoms with Gasteiger partial charge in [-0.05, 0) is 30.6 Å². The summed E-state index contributed by atoms with van der Waals surface area (Å²) in [7, 11) is 0. The van der Waals surface area contributed by atoms with E-state index in [0.717, 1.165) is 6.08 Å². The van der Waals surface area contributed by atoms with E-state index >= 15 is 0 Å². The van der Waals surface area contributed by atoms with Gasteiger partial charge in [-0.15, -0.1) is 0 Å². The number of aliphatic hydroxyl groups excluding tert-OH is 1. The Bertz CT molecular complexity index is 734. The second kappa shape index (κ2) is 6.64. The minimum Gasteiger partial charge on any atom is -0.459 e. The zero-order valence-corrected chi connectivity index (χ0v) is 14.8. The maximum atomic E-state index is 14.3. The van der Waals surface area contributed by atoms with E-state index in [-0.39, 0.29) is 23.7 Å². The summed E-state index contributed by atoms with van der Waals surface area (Å²) in [6, 6.07) is 8.63. The molecular formula is C18H18BrFO5. The molecule has 25 heavy (non-hydrogen) atoms. The largest absolute Gasteiger partial charge is 0.459 e. The molecule has 2 fully saturated rings. The average Bonchev–Trinajstić information content (AvgIpc) is 2.71. The van der Waals surface area contributed by atoms with Gasteiger partial charge in [-0.25, -0.2) is 4.39 Å². The minimum atomic E-state index is -1.88. The molecule has 134 valence electrons. The molecule has 0 spiro atoms. The third-order valence-electron chi connectivity index (χ3n) is 4.75. The highest BCUT2D eigenvalue weighted by Crippen LogP contribution is 2.49. The van der Waals surface area contributed by atoms with Crippen LogP contribution in [0.15, 0.2) is 46.7 Å². The highest BCUT2D eigenvalue weighted by atomic mass is 79.9. The Morgan fingerprint density at radius 2 is 2.04 bits per heavy atom. The van der Waals surface area contributed by atoms with Crippen molar-refractivity contribution in [2.75, 3.05) is 0 Å². The topological polar surface area (TPSA) is 87.0 Å². The smallest absolute Gasteiger partial charge is 0.309 e. The van der Waals surface area contributed by atoms with Crippen LogP contribution in [0.2, 0.25) is 0 Å². The third-order valence-corrected chi connectivity index (χ3v) is 5.41. The number of carbonyl (C=O) groups excluding carboxylic acids is 1. The quantitative estimate of drug-likeness (QED) is 0.659. The van der Waals surface area contributed by atoms with E-state index in [1.165, 1.54) is 6.08 Å². The van der Waals surface area contributed by atoms with Gasteiger partial charge in [0.1, 0.15) is 29.2 Å². The molecule has 0 aromatic heterocycles. The first kappa shape index (κ1) is 18.3. The van der Waals surface area contributed by atoms with Crippen LogP contribution in [0.1, 0.15) is 24.8 Å². The van der Waals surface area contributed by atoms with E-state index < -0.39 is 35.2 Å². The predicted octanol–water partition coefficient (Wildman–Crippen LogP) is 2.21. The van der Waals surface area contributed by atoms with Crippen molar-refractivity contribution in [3.63, 3.8) is 0 Å². The van der Waals surface area contributed by atoms with Gasteiger partial charge in [-0.2, -0.15) is 0 Å². The van der Waals surface area contributed by atoms with Gasteiger partial charge >= 0.3 is 5.97 Å². The molecule has 2 bridgehead atoms. The first-order valence-corrected chi connectivity index (χ1v) is 8.67. The van der Waals surface area contributed by atoms with Crippen LogP contribution in [0, 0.1) is 0 Å². The fraction of sp³-hybridized carbons (Fsp3) is 0.389. The van der Waals surface area contributed by atoms with Crippen molar-refractivity contribution in [3.8, 4) is 0 Å². The van der Waals surface area contributed by atoms with Crippen LogP contribution >= 0.6 is 15.9 Å². The lowest BCUT2D eigenvalue weighted by Crippen LogP contribution is -2.60. The molecule has 1 aromatic rings. The molecule has 1 aliphatic heterocycles. The fourth-order valence-electron chi connectivity index (χ4n) is 3.34. The van der Waals surface area contributed by atoms with Gasteiger partial charge in [0.25, 0.3) is 0 Å². The van der Waals surface area contributed by atoms with Gasteiger partial charge in [0.2, 0.25) is 0 Å². The molecule has 7 heteroatoms. The first-order chi connectivity index (χ1) is 11.7. The second-order valence-electron chi connectivity index (χ2n) is 6.42. The van der Waals surface area contributed by atoms with Crippen LogP contribution in [-0.4, -0.2) is 44.7 Å². The molecule has 1 aliphatic carbocycles. The summed E-state index contributed by atoms with van der Waals surface area (Å²) in [6.07, 6.45) is -0.156. The second-order valence-corrected chi connectivity index (χ2v) is 7.34. The number of hydrogen-bond donors (Lipinski definition) is 3. The van der Waals surface area contributed by atoms with Crippen LogP contribution in [0.5, 0.6) is 0 Å². The van der Waals surface area contributed by atoms with Crippen LogP contribution in [0.4, 0.5) is 4.39 Å². The molecule has 3 N–H and O–H groups in total. The maximum Gasteiger partial charge on any atom is 0.309 e. The molecule has 1 heterocycles. The Balaban J connectivity index is 1.86. The van der Waals surface area contributed by atoms with Gasteiger partial charge < -0.3 is 20.1 Å². The lowest BCUT2D eigenvalue weighted by molar-refractivity contribution is -0.204. The number of hydrogen-bond acceptors (Lipinski definition) is 5. The van der Waals surface area contributed by atoms with Crippen molar-refractivity contribution in [2.45, 2.75) is 42.7 Å². The van der Waals surface area contributed by atoms with Crippen molar-refractivity contribution in [1.29, 1.82) is 0 Å². The molecule has 0 amide bonds. The summed E-state index contributed by atoms with van der Waals surface area (Å²) in [5.41, 5.74) is -3.00. The molecule has 1 saturated carbocycles. The maximum absolute atomic E-state index is 14.3. The Hall–Kier alpha value is -1.54. The van der Waals surface area contributed by atoms with Gasteiger partial charge in [-0.1, -0.05) is 46.3 Å². The molecule has 1 saturated heterocycles. The van der Waals surface area contributed by atoms with Crippen LogP contribution in [0.3, 0.4) is 0 Å². The van der Waals surface area contributed by atoms with Gasteiger partial charge in [0, 0.05) is 4.48 Å². The number of carbonyl (C=O) groups is 1. The van der Waals surface area contributed by atoms with E-state index in [9.17, 15) is 24.5 Å². The normalized spacial score (nSPS) is 34.0.